The van der Waals surface area contributed by atoms with Crippen molar-refractivity contribution in [2.24, 2.45) is 11.7 Å². The Kier molecular flexibility index (Phi) is 6.43. The van der Waals surface area contributed by atoms with Gasteiger partial charge in [0.15, 0.2) is 5.82 Å². The Morgan fingerprint density at radius 2 is 2.08 bits per heavy atom. The van der Waals surface area contributed by atoms with E-state index in [1.807, 2.05) is 12.1 Å². The molecule has 0 radical (unpaired) electrons. The molecule has 0 saturated heterocycles. The number of nitrogens with zero attached hydrogens (tertiary/aromatic N) is 3. The second-order valence-electron chi connectivity index (χ2n) is 7.34. The topological polar surface area (TPSA) is 86.2 Å². The molecule has 0 spiro atoms. The third-order valence-electron chi connectivity index (χ3n) is 3.50. The number of nitrogens with two attached hydrogens (primary N) is 1. The summed E-state index contributed by atoms with van der Waals surface area (Å²) in [7, 11) is 0. The minimum absolute atomic E-state index is 0.209. The lowest BCUT2D eigenvalue weighted by atomic mass is 10.0. The van der Waals surface area contributed by atoms with Crippen LogP contribution in [0.4, 0.5) is 0 Å². The maximum absolute atomic E-state index is 10.1. The fourth-order valence-electron chi connectivity index (χ4n) is 2.54. The van der Waals surface area contributed by atoms with Gasteiger partial charge < -0.3 is 15.6 Å². The minimum atomic E-state index is -0.912. The highest BCUT2D eigenvalue weighted by Crippen LogP contribution is 2.21. The highest BCUT2D eigenvalue weighted by Gasteiger charge is 2.23. The lowest BCUT2D eigenvalue weighted by Crippen LogP contribution is -2.30. The molecule has 1 atom stereocenters. The molecule has 25 heavy (non-hydrogen) atoms. The normalized spacial score (nSPS) is 13.3. The van der Waals surface area contributed by atoms with Crippen molar-refractivity contribution in [3.8, 4) is 5.75 Å². The molecule has 0 bridgehead atoms. The van der Waals surface area contributed by atoms with E-state index in [2.05, 4.69) is 23.9 Å². The van der Waals surface area contributed by atoms with Gasteiger partial charge in [0.25, 0.3) is 0 Å². The summed E-state index contributed by atoms with van der Waals surface area (Å²) < 4.78 is 7.39. The fourth-order valence-corrected chi connectivity index (χ4v) is 2.72. The predicted octanol–water partition coefficient (Wildman–Crippen LogP) is 3.33. The van der Waals surface area contributed by atoms with Crippen molar-refractivity contribution < 1.29 is 9.84 Å². The van der Waals surface area contributed by atoms with Crippen LogP contribution in [-0.4, -0.2) is 25.5 Å². The number of hydrogen-bond acceptors (Lipinski definition) is 5. The molecule has 0 saturated carbocycles. The third kappa shape index (κ3) is 6.30. The molecule has 0 unspecified atom stereocenters. The smallest absolute Gasteiger partial charge is 0.188 e. The van der Waals surface area contributed by atoms with Crippen LogP contribution in [0.1, 0.15) is 51.8 Å². The maximum atomic E-state index is 10.1. The summed E-state index contributed by atoms with van der Waals surface area (Å²) in [6.45, 7) is 8.21. The van der Waals surface area contributed by atoms with Gasteiger partial charge in [0.05, 0.1) is 18.2 Å². The Morgan fingerprint density at radius 3 is 2.68 bits per heavy atom. The minimum Gasteiger partial charge on any atom is -0.485 e. The van der Waals surface area contributed by atoms with Gasteiger partial charge in [-0.15, -0.1) is 0 Å². The molecule has 0 fully saturated rings. The fraction of sp³-hybridized carbons (Fsp3) is 0.556. The lowest BCUT2D eigenvalue weighted by molar-refractivity contribution is 0.0559. The average Bonchev–Trinajstić information content (AvgIpc) is 2.85. The van der Waals surface area contributed by atoms with Gasteiger partial charge in [0.2, 0.25) is 0 Å². The molecule has 1 aromatic heterocycles. The molecule has 6 nitrogen and oxygen atoms in total. The molecular weight excluding hydrogens is 340 g/mol. The van der Waals surface area contributed by atoms with E-state index in [4.69, 9.17) is 22.1 Å². The Morgan fingerprint density at radius 1 is 1.36 bits per heavy atom. The molecule has 7 heteroatoms. The lowest BCUT2D eigenvalue weighted by Gasteiger charge is -2.20. The van der Waals surface area contributed by atoms with Gasteiger partial charge in [-0.05, 0) is 44.4 Å². The van der Waals surface area contributed by atoms with E-state index in [9.17, 15) is 5.11 Å². The Hall–Kier alpha value is -1.63. The average molecular weight is 367 g/mol. The van der Waals surface area contributed by atoms with Crippen molar-refractivity contribution in [2.75, 3.05) is 0 Å². The summed E-state index contributed by atoms with van der Waals surface area (Å²) in [6.07, 6.45) is 0.791. The van der Waals surface area contributed by atoms with Crippen LogP contribution >= 0.6 is 11.6 Å². The second-order valence-corrected chi connectivity index (χ2v) is 7.77. The summed E-state index contributed by atoms with van der Waals surface area (Å²) in [6, 6.07) is 6.93. The van der Waals surface area contributed by atoms with Crippen LogP contribution in [0, 0.1) is 5.92 Å². The molecule has 138 valence electrons. The van der Waals surface area contributed by atoms with Gasteiger partial charge >= 0.3 is 0 Å². The van der Waals surface area contributed by atoms with Crippen molar-refractivity contribution >= 4 is 11.6 Å². The largest absolute Gasteiger partial charge is 0.485 e. The number of rotatable bonds is 8. The van der Waals surface area contributed by atoms with E-state index in [0.717, 1.165) is 6.42 Å². The first kappa shape index (κ1) is 19.7. The van der Waals surface area contributed by atoms with Crippen LogP contribution in [0.2, 0.25) is 5.02 Å². The van der Waals surface area contributed by atoms with E-state index in [1.165, 1.54) is 0 Å². The monoisotopic (exact) mass is 366 g/mol. The zero-order valence-corrected chi connectivity index (χ0v) is 16.0. The summed E-state index contributed by atoms with van der Waals surface area (Å²) in [5, 5.41) is 15.2. The van der Waals surface area contributed by atoms with E-state index in [1.54, 1.807) is 30.7 Å². The number of aromatic nitrogens is 3. The Labute approximate surface area is 154 Å². The van der Waals surface area contributed by atoms with Gasteiger partial charge in [-0.3, -0.25) is 0 Å². The summed E-state index contributed by atoms with van der Waals surface area (Å²) in [5.74, 6) is 2.28. The first-order chi connectivity index (χ1) is 11.6. The molecule has 3 N–H and O–H groups in total. The molecule has 0 aliphatic rings. The number of halogens is 1. The zero-order valence-electron chi connectivity index (χ0n) is 15.2. The molecule has 2 aromatic rings. The molecule has 0 aliphatic carbocycles. The summed E-state index contributed by atoms with van der Waals surface area (Å²) in [4.78, 5) is 4.54. The van der Waals surface area contributed by atoms with Crippen LogP contribution in [0.3, 0.4) is 0 Å². The Balaban J connectivity index is 2.17. The highest BCUT2D eigenvalue weighted by atomic mass is 35.5. The van der Waals surface area contributed by atoms with E-state index in [-0.39, 0.29) is 12.6 Å². The van der Waals surface area contributed by atoms with Crippen molar-refractivity contribution in [3.05, 3.63) is 40.9 Å². The van der Waals surface area contributed by atoms with Crippen LogP contribution in [0.5, 0.6) is 5.75 Å². The number of ether oxygens (including phenoxy) is 1. The van der Waals surface area contributed by atoms with Crippen LogP contribution < -0.4 is 10.5 Å². The molecule has 0 amide bonds. The zero-order chi connectivity index (χ0) is 18.6. The highest BCUT2D eigenvalue weighted by molar-refractivity contribution is 6.30. The van der Waals surface area contributed by atoms with Crippen molar-refractivity contribution in [2.45, 2.75) is 58.9 Å². The van der Waals surface area contributed by atoms with Crippen molar-refractivity contribution in [3.63, 3.8) is 0 Å². The number of benzene rings is 1. The molecule has 0 aliphatic heterocycles. The standard InChI is InChI=1S/C18H27ClN4O2/c1-12(2)8-15(20)17-21-16(22-23(17)11-18(3,4)24)10-25-14-7-5-6-13(19)9-14/h5-7,9,12,15,24H,8,10-11,20H2,1-4H3/t15-/m0/s1. The predicted molar refractivity (Wildman–Crippen MR) is 98.5 cm³/mol. The number of hydrogen-bond donors (Lipinski definition) is 2. The SMILES string of the molecule is CC(C)C[C@H](N)c1nc(COc2cccc(Cl)c2)nn1CC(C)(C)O. The van der Waals surface area contributed by atoms with E-state index in [0.29, 0.717) is 34.9 Å². The first-order valence-electron chi connectivity index (χ1n) is 8.44. The molecule has 1 aromatic carbocycles. The van der Waals surface area contributed by atoms with Gasteiger partial charge in [-0.25, -0.2) is 9.67 Å². The van der Waals surface area contributed by atoms with E-state index >= 15 is 0 Å². The van der Waals surface area contributed by atoms with Gasteiger partial charge in [0, 0.05) is 5.02 Å². The first-order valence-corrected chi connectivity index (χ1v) is 8.82. The quantitative estimate of drug-likeness (QED) is 0.748. The summed E-state index contributed by atoms with van der Waals surface area (Å²) in [5.41, 5.74) is 5.38. The van der Waals surface area contributed by atoms with Gasteiger partial charge in [-0.2, -0.15) is 5.10 Å². The summed E-state index contributed by atoms with van der Waals surface area (Å²) >= 11 is 5.96. The Bertz CT molecular complexity index is 695. The molecule has 1 heterocycles. The number of aliphatic hydroxyl groups is 1. The molecular formula is C18H27ClN4O2. The third-order valence-corrected chi connectivity index (χ3v) is 3.74. The van der Waals surface area contributed by atoms with Crippen LogP contribution in [0.25, 0.3) is 0 Å². The molecule has 2 rings (SSSR count). The van der Waals surface area contributed by atoms with E-state index < -0.39 is 5.60 Å². The van der Waals surface area contributed by atoms with Crippen molar-refractivity contribution in [1.29, 1.82) is 0 Å². The van der Waals surface area contributed by atoms with Crippen LogP contribution in [-0.2, 0) is 13.2 Å². The van der Waals surface area contributed by atoms with Crippen molar-refractivity contribution in [1.82, 2.24) is 14.8 Å². The maximum Gasteiger partial charge on any atom is 0.188 e. The van der Waals surface area contributed by atoms with Crippen LogP contribution in [0.15, 0.2) is 24.3 Å². The van der Waals surface area contributed by atoms with Gasteiger partial charge in [0.1, 0.15) is 18.2 Å². The second kappa shape index (κ2) is 8.17. The van der Waals surface area contributed by atoms with Gasteiger partial charge in [-0.1, -0.05) is 31.5 Å².